The van der Waals surface area contributed by atoms with Gasteiger partial charge in [-0.1, -0.05) is 6.07 Å². The van der Waals surface area contributed by atoms with E-state index in [-0.39, 0.29) is 0 Å². The molecule has 4 rings (SSSR count). The second-order valence-corrected chi connectivity index (χ2v) is 7.73. The molecule has 0 N–H and O–H groups in total. The number of nitrogens with zero attached hydrogens (tertiary/aromatic N) is 5. The molecule has 0 bridgehead atoms. The molecular weight excluding hydrogens is 354 g/mol. The monoisotopic (exact) mass is 383 g/mol. The van der Waals surface area contributed by atoms with E-state index < -0.39 is 0 Å². The van der Waals surface area contributed by atoms with Crippen molar-refractivity contribution in [1.29, 1.82) is 0 Å². The molecule has 150 valence electrons. The van der Waals surface area contributed by atoms with Gasteiger partial charge in [-0.3, -0.25) is 4.90 Å². The number of rotatable bonds is 5. The maximum Gasteiger partial charge on any atom is 0.227 e. The quantitative estimate of drug-likeness (QED) is 0.786. The molecule has 3 heterocycles. The largest absolute Gasteiger partial charge is 0.486 e. The Labute approximate surface area is 166 Å². The maximum absolute atomic E-state index is 5.73. The summed E-state index contributed by atoms with van der Waals surface area (Å²) in [6.07, 6.45) is 4.17. The summed E-state index contributed by atoms with van der Waals surface area (Å²) in [5.41, 5.74) is 1.26. The number of anilines is 2. The van der Waals surface area contributed by atoms with E-state index in [9.17, 15) is 0 Å². The highest BCUT2D eigenvalue weighted by Crippen LogP contribution is 2.31. The number of aromatic nitrogens is 2. The number of piperidine rings is 1. The number of benzene rings is 1. The molecule has 0 saturated carbocycles. The van der Waals surface area contributed by atoms with Crippen molar-refractivity contribution in [2.45, 2.75) is 25.4 Å². The van der Waals surface area contributed by atoms with Crippen LogP contribution in [-0.2, 0) is 6.54 Å². The fourth-order valence-electron chi connectivity index (χ4n) is 3.86. The highest BCUT2D eigenvalue weighted by atomic mass is 16.6. The second kappa shape index (κ2) is 8.22. The number of likely N-dealkylation sites (N-methyl/N-ethyl adjacent to an activating group) is 1. The van der Waals surface area contributed by atoms with Gasteiger partial charge in [0.05, 0.1) is 0 Å². The van der Waals surface area contributed by atoms with E-state index in [1.807, 2.05) is 37.3 Å². The van der Waals surface area contributed by atoms with E-state index in [0.29, 0.717) is 19.3 Å². The predicted molar refractivity (Wildman–Crippen MR) is 110 cm³/mol. The summed E-state index contributed by atoms with van der Waals surface area (Å²) in [6.45, 7) is 4.28. The zero-order chi connectivity index (χ0) is 19.5. The van der Waals surface area contributed by atoms with E-state index in [4.69, 9.17) is 14.5 Å². The summed E-state index contributed by atoms with van der Waals surface area (Å²) >= 11 is 0. The Morgan fingerprint density at radius 3 is 2.75 bits per heavy atom. The second-order valence-electron chi connectivity index (χ2n) is 7.73. The molecule has 1 saturated heterocycles. The summed E-state index contributed by atoms with van der Waals surface area (Å²) in [7, 11) is 6.11. The smallest absolute Gasteiger partial charge is 0.227 e. The molecule has 2 aromatic rings. The van der Waals surface area contributed by atoms with Crippen LogP contribution in [0.25, 0.3) is 0 Å². The minimum atomic E-state index is 0.406. The lowest BCUT2D eigenvalue weighted by molar-refractivity contribution is 0.170. The van der Waals surface area contributed by atoms with Gasteiger partial charge in [-0.15, -0.1) is 0 Å². The number of fused-ring (bicyclic) bond motifs is 1. The van der Waals surface area contributed by atoms with Gasteiger partial charge in [0.1, 0.15) is 19.0 Å². The average molecular weight is 383 g/mol. The van der Waals surface area contributed by atoms with Crippen molar-refractivity contribution >= 4 is 11.8 Å². The molecule has 7 nitrogen and oxygen atoms in total. The first kappa shape index (κ1) is 18.8. The number of hydrogen-bond acceptors (Lipinski definition) is 7. The van der Waals surface area contributed by atoms with Gasteiger partial charge in [0, 0.05) is 46.5 Å². The summed E-state index contributed by atoms with van der Waals surface area (Å²) < 4.78 is 11.4. The lowest BCUT2D eigenvalue weighted by atomic mass is 10.0. The van der Waals surface area contributed by atoms with Crippen molar-refractivity contribution < 1.29 is 9.47 Å². The number of likely N-dealkylation sites (tertiary alicyclic amines) is 1. The molecule has 1 fully saturated rings. The van der Waals surface area contributed by atoms with Crippen molar-refractivity contribution in [1.82, 2.24) is 14.9 Å². The highest BCUT2D eigenvalue weighted by molar-refractivity contribution is 5.44. The summed E-state index contributed by atoms with van der Waals surface area (Å²) in [5.74, 6) is 3.44. The molecule has 7 heteroatoms. The zero-order valence-electron chi connectivity index (χ0n) is 17.0. The molecular formula is C21H29N5O2. The van der Waals surface area contributed by atoms with Crippen molar-refractivity contribution in [3.8, 4) is 11.5 Å². The first-order valence-electron chi connectivity index (χ1n) is 9.94. The van der Waals surface area contributed by atoms with Crippen LogP contribution in [0.15, 0.2) is 30.5 Å². The fourth-order valence-corrected chi connectivity index (χ4v) is 3.86. The maximum atomic E-state index is 5.73. The third-order valence-electron chi connectivity index (χ3n) is 5.44. The molecule has 1 unspecified atom stereocenters. The van der Waals surface area contributed by atoms with Gasteiger partial charge in [-0.2, -0.15) is 4.98 Å². The van der Waals surface area contributed by atoms with E-state index >= 15 is 0 Å². The summed E-state index contributed by atoms with van der Waals surface area (Å²) in [5, 5.41) is 0. The minimum absolute atomic E-state index is 0.406. The molecule has 0 aliphatic carbocycles. The molecule has 2 aliphatic rings. The van der Waals surface area contributed by atoms with Crippen molar-refractivity contribution in [3.05, 3.63) is 36.0 Å². The van der Waals surface area contributed by atoms with Gasteiger partial charge in [0.15, 0.2) is 11.5 Å². The van der Waals surface area contributed by atoms with E-state index in [0.717, 1.165) is 49.3 Å². The van der Waals surface area contributed by atoms with E-state index in [1.165, 1.54) is 12.0 Å². The van der Waals surface area contributed by atoms with Crippen LogP contribution in [-0.4, -0.2) is 68.4 Å². The van der Waals surface area contributed by atoms with Crippen LogP contribution in [0, 0.1) is 0 Å². The Hall–Kier alpha value is -2.54. The van der Waals surface area contributed by atoms with Crippen LogP contribution >= 0.6 is 0 Å². The molecule has 0 radical (unpaired) electrons. The number of ether oxygens (including phenoxy) is 2. The van der Waals surface area contributed by atoms with Crippen LogP contribution in [0.5, 0.6) is 11.5 Å². The van der Waals surface area contributed by atoms with Gasteiger partial charge < -0.3 is 19.3 Å². The SMILES string of the molecule is CN(C)c1ccnc(N(C)C2CCCN(Cc3ccc4c(c3)OCCO4)C2)n1. The predicted octanol–water partition coefficient (Wildman–Crippen LogP) is 2.41. The van der Waals surface area contributed by atoms with Crippen LogP contribution in [0.4, 0.5) is 11.8 Å². The molecule has 1 aromatic carbocycles. The third kappa shape index (κ3) is 4.14. The Balaban J connectivity index is 1.42. The first-order valence-corrected chi connectivity index (χ1v) is 9.94. The number of hydrogen-bond donors (Lipinski definition) is 0. The lowest BCUT2D eigenvalue weighted by Crippen LogP contribution is -2.46. The van der Waals surface area contributed by atoms with Crippen molar-refractivity contribution in [2.24, 2.45) is 0 Å². The van der Waals surface area contributed by atoms with Crippen molar-refractivity contribution in [2.75, 3.05) is 57.2 Å². The van der Waals surface area contributed by atoms with E-state index in [1.54, 1.807) is 0 Å². The fraction of sp³-hybridized carbons (Fsp3) is 0.524. The topological polar surface area (TPSA) is 54.0 Å². The Kier molecular flexibility index (Phi) is 5.52. The molecule has 1 aromatic heterocycles. The highest BCUT2D eigenvalue weighted by Gasteiger charge is 2.25. The van der Waals surface area contributed by atoms with Crippen LogP contribution in [0.3, 0.4) is 0 Å². The Morgan fingerprint density at radius 1 is 1.11 bits per heavy atom. The Bertz CT molecular complexity index is 813. The standard InChI is InChI=1S/C21H29N5O2/c1-24(2)20-8-9-22-21(23-20)25(3)17-5-4-10-26(15-17)14-16-6-7-18-19(13-16)28-12-11-27-18/h6-9,13,17H,4-5,10-12,14-15H2,1-3H3. The van der Waals surface area contributed by atoms with Crippen LogP contribution < -0.4 is 19.3 Å². The first-order chi connectivity index (χ1) is 13.6. The summed E-state index contributed by atoms with van der Waals surface area (Å²) in [4.78, 5) is 15.9. The molecule has 0 amide bonds. The van der Waals surface area contributed by atoms with E-state index in [2.05, 4.69) is 34.0 Å². The lowest BCUT2D eigenvalue weighted by Gasteiger charge is -2.38. The molecule has 28 heavy (non-hydrogen) atoms. The normalized spacial score (nSPS) is 19.3. The third-order valence-corrected chi connectivity index (χ3v) is 5.44. The average Bonchev–Trinajstić information content (AvgIpc) is 2.73. The van der Waals surface area contributed by atoms with Crippen LogP contribution in [0.2, 0.25) is 0 Å². The van der Waals surface area contributed by atoms with Gasteiger partial charge in [-0.05, 0) is 43.1 Å². The molecule has 0 spiro atoms. The van der Waals surface area contributed by atoms with Gasteiger partial charge in [0.2, 0.25) is 5.95 Å². The van der Waals surface area contributed by atoms with Crippen LogP contribution in [0.1, 0.15) is 18.4 Å². The summed E-state index contributed by atoms with van der Waals surface area (Å²) in [6, 6.07) is 8.63. The van der Waals surface area contributed by atoms with Gasteiger partial charge in [0.25, 0.3) is 0 Å². The van der Waals surface area contributed by atoms with Crippen molar-refractivity contribution in [3.63, 3.8) is 0 Å². The zero-order valence-corrected chi connectivity index (χ0v) is 17.0. The van der Waals surface area contributed by atoms with Gasteiger partial charge >= 0.3 is 0 Å². The van der Waals surface area contributed by atoms with Gasteiger partial charge in [-0.25, -0.2) is 4.98 Å². The molecule has 2 aliphatic heterocycles. The minimum Gasteiger partial charge on any atom is -0.486 e. The molecule has 1 atom stereocenters. The Morgan fingerprint density at radius 2 is 1.93 bits per heavy atom.